The molecule has 1 aromatic heterocycles. The van der Waals surface area contributed by atoms with Gasteiger partial charge in [0.05, 0.1) is 5.60 Å². The van der Waals surface area contributed by atoms with Gasteiger partial charge >= 0.3 is 0 Å². The summed E-state index contributed by atoms with van der Waals surface area (Å²) in [6, 6.07) is 0.355. The fourth-order valence-corrected chi connectivity index (χ4v) is 3.65. The van der Waals surface area contributed by atoms with E-state index < -0.39 is 5.60 Å². The van der Waals surface area contributed by atoms with E-state index in [1.54, 1.807) is 0 Å². The number of hydrogen-bond donors (Lipinski definition) is 1. The summed E-state index contributed by atoms with van der Waals surface area (Å²) in [6.07, 6.45) is 9.14. The number of aliphatic hydroxyl groups is 1. The zero-order valence-corrected chi connectivity index (χ0v) is 11.2. The predicted octanol–water partition coefficient (Wildman–Crippen LogP) is 1.43. The molecule has 0 radical (unpaired) electrons. The van der Waals surface area contributed by atoms with Crippen LogP contribution in [-0.4, -0.2) is 44.3 Å². The number of piperidine rings is 1. The molecule has 3 rings (SSSR count). The first-order chi connectivity index (χ1) is 8.73. The maximum atomic E-state index is 11.0. The summed E-state index contributed by atoms with van der Waals surface area (Å²) in [6.45, 7) is 5.26. The average Bonchev–Trinajstić information content (AvgIpc) is 2.96. The Balaban J connectivity index is 1.78. The van der Waals surface area contributed by atoms with E-state index in [1.807, 2.05) is 12.4 Å². The van der Waals surface area contributed by atoms with E-state index in [1.165, 1.54) is 12.8 Å². The van der Waals surface area contributed by atoms with Crippen molar-refractivity contribution in [2.24, 2.45) is 0 Å². The molecular weight excluding hydrogens is 226 g/mol. The van der Waals surface area contributed by atoms with Gasteiger partial charge in [0.15, 0.2) is 0 Å². The van der Waals surface area contributed by atoms with Crippen LogP contribution in [0.25, 0.3) is 0 Å². The van der Waals surface area contributed by atoms with Crippen molar-refractivity contribution >= 4 is 0 Å². The van der Waals surface area contributed by atoms with Crippen LogP contribution in [0.1, 0.15) is 38.4 Å². The van der Waals surface area contributed by atoms with E-state index in [2.05, 4.69) is 21.4 Å². The van der Waals surface area contributed by atoms with Gasteiger partial charge in [-0.05, 0) is 32.7 Å². The second kappa shape index (κ2) is 4.67. The van der Waals surface area contributed by atoms with Gasteiger partial charge in [0.25, 0.3) is 0 Å². The fraction of sp³-hybridized carbons (Fsp3) is 0.786. The quantitative estimate of drug-likeness (QED) is 0.881. The first-order valence-corrected chi connectivity index (χ1v) is 7.19. The molecule has 0 saturated carbocycles. The monoisotopic (exact) mass is 249 g/mol. The number of rotatable bonds is 3. The molecular formula is C14H23N3O. The number of nitrogens with zero attached hydrogens (tertiary/aromatic N) is 3. The molecule has 0 aromatic carbocycles. The lowest BCUT2D eigenvalue weighted by atomic mass is 9.86. The molecule has 2 atom stereocenters. The van der Waals surface area contributed by atoms with E-state index in [0.717, 1.165) is 38.3 Å². The van der Waals surface area contributed by atoms with Crippen molar-refractivity contribution < 1.29 is 5.11 Å². The van der Waals surface area contributed by atoms with Gasteiger partial charge < -0.3 is 9.67 Å². The Hall–Kier alpha value is -0.870. The fourth-order valence-electron chi connectivity index (χ4n) is 3.65. The highest BCUT2D eigenvalue weighted by Gasteiger charge is 2.47. The number of fused-ring (bicyclic) bond motifs is 1. The number of aryl methyl sites for hydroxylation is 1. The molecule has 4 nitrogen and oxygen atoms in total. The topological polar surface area (TPSA) is 41.3 Å². The molecule has 2 unspecified atom stereocenters. The molecule has 3 heterocycles. The van der Waals surface area contributed by atoms with Crippen molar-refractivity contribution in [3.63, 3.8) is 0 Å². The molecule has 100 valence electrons. The van der Waals surface area contributed by atoms with Crippen LogP contribution in [0.3, 0.4) is 0 Å². The number of imidazole rings is 1. The van der Waals surface area contributed by atoms with Crippen LogP contribution in [0.4, 0.5) is 0 Å². The van der Waals surface area contributed by atoms with Gasteiger partial charge in [-0.1, -0.05) is 6.42 Å². The Morgan fingerprint density at radius 1 is 1.44 bits per heavy atom. The van der Waals surface area contributed by atoms with Crippen LogP contribution in [0, 0.1) is 0 Å². The van der Waals surface area contributed by atoms with Crippen LogP contribution in [0.15, 0.2) is 12.4 Å². The largest absolute Gasteiger partial charge is 0.388 e. The Morgan fingerprint density at radius 2 is 2.33 bits per heavy atom. The minimum atomic E-state index is -0.557. The van der Waals surface area contributed by atoms with Crippen molar-refractivity contribution in [1.29, 1.82) is 0 Å². The normalized spacial score (nSPS) is 32.7. The summed E-state index contributed by atoms with van der Waals surface area (Å²) in [7, 11) is 0. The molecule has 0 bridgehead atoms. The molecule has 0 amide bonds. The standard InChI is InChI=1S/C14H23N3O/c1-2-16-10-7-15-13(16)11-14(18)6-9-17-8-4-3-5-12(14)17/h7,10,12,18H,2-6,8-9,11H2,1H3. The molecule has 18 heavy (non-hydrogen) atoms. The van der Waals surface area contributed by atoms with E-state index in [9.17, 15) is 5.11 Å². The lowest BCUT2D eigenvalue weighted by molar-refractivity contribution is -0.0109. The molecule has 1 N–H and O–H groups in total. The van der Waals surface area contributed by atoms with Crippen molar-refractivity contribution in [3.8, 4) is 0 Å². The van der Waals surface area contributed by atoms with Gasteiger partial charge in [-0.3, -0.25) is 4.90 Å². The van der Waals surface area contributed by atoms with Crippen LogP contribution in [0.2, 0.25) is 0 Å². The van der Waals surface area contributed by atoms with E-state index in [0.29, 0.717) is 12.5 Å². The zero-order valence-electron chi connectivity index (χ0n) is 11.2. The molecule has 2 saturated heterocycles. The summed E-state index contributed by atoms with van der Waals surface area (Å²) in [5.41, 5.74) is -0.557. The maximum absolute atomic E-state index is 11.0. The van der Waals surface area contributed by atoms with Crippen LogP contribution in [-0.2, 0) is 13.0 Å². The van der Waals surface area contributed by atoms with E-state index >= 15 is 0 Å². The predicted molar refractivity (Wildman–Crippen MR) is 70.4 cm³/mol. The molecule has 2 aliphatic rings. The van der Waals surface area contributed by atoms with Crippen LogP contribution < -0.4 is 0 Å². The van der Waals surface area contributed by atoms with Crippen LogP contribution >= 0.6 is 0 Å². The molecule has 4 heteroatoms. The highest BCUT2D eigenvalue weighted by molar-refractivity contribution is 5.08. The molecule has 0 aliphatic carbocycles. The summed E-state index contributed by atoms with van der Waals surface area (Å²) < 4.78 is 2.14. The number of hydrogen-bond acceptors (Lipinski definition) is 3. The SMILES string of the molecule is CCn1ccnc1CC1(O)CCN2CCCCC21. The second-order valence-electron chi connectivity index (χ2n) is 5.71. The third kappa shape index (κ3) is 1.97. The van der Waals surface area contributed by atoms with Gasteiger partial charge in [-0.25, -0.2) is 4.98 Å². The average molecular weight is 249 g/mol. The number of aromatic nitrogens is 2. The Bertz CT molecular complexity index is 417. The summed E-state index contributed by atoms with van der Waals surface area (Å²) >= 11 is 0. The first-order valence-electron chi connectivity index (χ1n) is 7.19. The van der Waals surface area contributed by atoms with Gasteiger partial charge in [-0.2, -0.15) is 0 Å². The maximum Gasteiger partial charge on any atom is 0.111 e. The third-order valence-electron chi connectivity index (χ3n) is 4.67. The van der Waals surface area contributed by atoms with Crippen molar-refractivity contribution in [3.05, 3.63) is 18.2 Å². The van der Waals surface area contributed by atoms with Crippen LogP contribution in [0.5, 0.6) is 0 Å². The molecule has 0 spiro atoms. The molecule has 1 aromatic rings. The Labute approximate surface area is 109 Å². The highest BCUT2D eigenvalue weighted by atomic mass is 16.3. The van der Waals surface area contributed by atoms with Crippen molar-refractivity contribution in [1.82, 2.24) is 14.5 Å². The smallest absolute Gasteiger partial charge is 0.111 e. The minimum Gasteiger partial charge on any atom is -0.388 e. The first kappa shape index (κ1) is 12.2. The summed E-state index contributed by atoms with van der Waals surface area (Å²) in [5.74, 6) is 1.03. The van der Waals surface area contributed by atoms with Gasteiger partial charge in [0.2, 0.25) is 0 Å². The third-order valence-corrected chi connectivity index (χ3v) is 4.67. The van der Waals surface area contributed by atoms with Gasteiger partial charge in [0, 0.05) is 37.9 Å². The minimum absolute atomic E-state index is 0.355. The van der Waals surface area contributed by atoms with E-state index in [4.69, 9.17) is 0 Å². The van der Waals surface area contributed by atoms with Gasteiger partial charge in [-0.15, -0.1) is 0 Å². The lowest BCUT2D eigenvalue weighted by Gasteiger charge is -2.37. The van der Waals surface area contributed by atoms with Gasteiger partial charge in [0.1, 0.15) is 5.82 Å². The summed E-state index contributed by atoms with van der Waals surface area (Å²) in [5, 5.41) is 11.0. The lowest BCUT2D eigenvalue weighted by Crippen LogP contribution is -2.48. The Kier molecular flexibility index (Phi) is 3.16. The summed E-state index contributed by atoms with van der Waals surface area (Å²) in [4.78, 5) is 6.89. The Morgan fingerprint density at radius 3 is 3.17 bits per heavy atom. The van der Waals surface area contributed by atoms with Crippen molar-refractivity contribution in [2.75, 3.05) is 13.1 Å². The van der Waals surface area contributed by atoms with E-state index in [-0.39, 0.29) is 0 Å². The molecule has 2 aliphatic heterocycles. The highest BCUT2D eigenvalue weighted by Crippen LogP contribution is 2.37. The zero-order chi connectivity index (χ0) is 12.6. The molecule has 2 fully saturated rings. The van der Waals surface area contributed by atoms with Crippen molar-refractivity contribution in [2.45, 2.75) is 57.2 Å². The second-order valence-corrected chi connectivity index (χ2v) is 5.71.